The third kappa shape index (κ3) is 4.22. The fourth-order valence-corrected chi connectivity index (χ4v) is 2.43. The largest absolute Gasteiger partial charge is 0.410 e. The SMILES string of the molecule is C/C=C/[C@@H](O[Si](C)(C)C(C)(C)C)[C@H](C)C=O. The Bertz CT molecular complexity index is 251. The molecule has 0 saturated carbocycles. The van der Waals surface area contributed by atoms with Gasteiger partial charge in [-0.25, -0.2) is 0 Å². The third-order valence-electron chi connectivity index (χ3n) is 3.35. The van der Waals surface area contributed by atoms with Gasteiger partial charge in [-0.1, -0.05) is 39.8 Å². The topological polar surface area (TPSA) is 26.3 Å². The number of carbonyl (C=O) groups excluding carboxylic acids is 1. The van der Waals surface area contributed by atoms with Gasteiger partial charge in [0.2, 0.25) is 0 Å². The number of rotatable bonds is 5. The van der Waals surface area contributed by atoms with Crippen molar-refractivity contribution >= 4 is 14.6 Å². The molecule has 0 radical (unpaired) electrons. The Labute approximate surface area is 101 Å². The van der Waals surface area contributed by atoms with Crippen molar-refractivity contribution < 1.29 is 9.22 Å². The first-order valence-electron chi connectivity index (χ1n) is 5.91. The van der Waals surface area contributed by atoms with Gasteiger partial charge in [0.05, 0.1) is 6.10 Å². The Balaban J connectivity index is 4.82. The van der Waals surface area contributed by atoms with Gasteiger partial charge in [-0.3, -0.25) is 0 Å². The van der Waals surface area contributed by atoms with E-state index in [1.54, 1.807) is 0 Å². The molecule has 0 aliphatic heterocycles. The van der Waals surface area contributed by atoms with E-state index in [9.17, 15) is 4.79 Å². The standard InChI is InChI=1S/C13H26O2Si/c1-8-9-12(11(2)10-14)15-16(6,7)13(3,4)5/h8-12H,1-7H3/b9-8+/t11-,12-/m1/s1. The summed E-state index contributed by atoms with van der Waals surface area (Å²) < 4.78 is 6.22. The minimum atomic E-state index is -1.79. The molecule has 0 unspecified atom stereocenters. The van der Waals surface area contributed by atoms with Crippen molar-refractivity contribution in [2.75, 3.05) is 0 Å². The molecule has 0 saturated heterocycles. The van der Waals surface area contributed by atoms with Crippen LogP contribution in [0.2, 0.25) is 18.1 Å². The Morgan fingerprint density at radius 2 is 1.75 bits per heavy atom. The van der Waals surface area contributed by atoms with Gasteiger partial charge in [-0.2, -0.15) is 0 Å². The van der Waals surface area contributed by atoms with E-state index < -0.39 is 8.32 Å². The van der Waals surface area contributed by atoms with Gasteiger partial charge in [0.1, 0.15) is 6.29 Å². The predicted molar refractivity (Wildman–Crippen MR) is 72.1 cm³/mol. The molecule has 0 N–H and O–H groups in total. The van der Waals surface area contributed by atoms with Crippen LogP contribution in [0.4, 0.5) is 0 Å². The average molecular weight is 242 g/mol. The zero-order chi connectivity index (χ0) is 13.0. The van der Waals surface area contributed by atoms with Gasteiger partial charge in [-0.05, 0) is 25.1 Å². The van der Waals surface area contributed by atoms with Crippen LogP contribution in [0.5, 0.6) is 0 Å². The van der Waals surface area contributed by atoms with Crippen LogP contribution in [0.3, 0.4) is 0 Å². The Morgan fingerprint density at radius 3 is 2.06 bits per heavy atom. The Morgan fingerprint density at radius 1 is 1.25 bits per heavy atom. The van der Waals surface area contributed by atoms with Gasteiger partial charge in [-0.15, -0.1) is 0 Å². The number of carbonyl (C=O) groups is 1. The summed E-state index contributed by atoms with van der Waals surface area (Å²) >= 11 is 0. The van der Waals surface area contributed by atoms with Crippen LogP contribution in [-0.2, 0) is 9.22 Å². The average Bonchev–Trinajstić information content (AvgIpc) is 2.14. The lowest BCUT2D eigenvalue weighted by Crippen LogP contribution is -2.45. The third-order valence-corrected chi connectivity index (χ3v) is 7.83. The van der Waals surface area contributed by atoms with E-state index in [1.807, 2.05) is 26.0 Å². The minimum Gasteiger partial charge on any atom is -0.410 e. The molecule has 94 valence electrons. The summed E-state index contributed by atoms with van der Waals surface area (Å²) in [6, 6.07) is 0. The van der Waals surface area contributed by atoms with Crippen LogP contribution < -0.4 is 0 Å². The number of hydrogen-bond acceptors (Lipinski definition) is 2. The predicted octanol–water partition coefficient (Wildman–Crippen LogP) is 3.79. The van der Waals surface area contributed by atoms with E-state index >= 15 is 0 Å². The van der Waals surface area contributed by atoms with Crippen molar-refractivity contribution in [1.29, 1.82) is 0 Å². The summed E-state index contributed by atoms with van der Waals surface area (Å²) in [5, 5.41) is 0.176. The molecule has 0 aliphatic rings. The Kier molecular flexibility index (Phi) is 5.63. The second-order valence-corrected chi connectivity index (χ2v) is 10.6. The molecule has 0 aromatic rings. The quantitative estimate of drug-likeness (QED) is 0.416. The molecule has 0 aliphatic carbocycles. The van der Waals surface area contributed by atoms with Crippen LogP contribution in [-0.4, -0.2) is 20.7 Å². The van der Waals surface area contributed by atoms with Gasteiger partial charge in [0.25, 0.3) is 0 Å². The van der Waals surface area contributed by atoms with Crippen molar-refractivity contribution in [3.05, 3.63) is 12.2 Å². The highest BCUT2D eigenvalue weighted by atomic mass is 28.4. The first-order chi connectivity index (χ1) is 7.15. The first kappa shape index (κ1) is 15.6. The van der Waals surface area contributed by atoms with E-state index in [0.29, 0.717) is 0 Å². The fourth-order valence-electron chi connectivity index (χ4n) is 1.11. The summed E-state index contributed by atoms with van der Waals surface area (Å²) in [5.74, 6) is -0.0784. The molecule has 16 heavy (non-hydrogen) atoms. The highest BCUT2D eigenvalue weighted by Gasteiger charge is 2.39. The normalized spacial score (nSPS) is 17.4. The summed E-state index contributed by atoms with van der Waals surface area (Å²) in [7, 11) is -1.79. The summed E-state index contributed by atoms with van der Waals surface area (Å²) in [4.78, 5) is 10.9. The minimum absolute atomic E-state index is 0.0784. The van der Waals surface area contributed by atoms with Gasteiger partial charge >= 0.3 is 0 Å². The van der Waals surface area contributed by atoms with Crippen molar-refractivity contribution in [2.45, 2.75) is 58.9 Å². The van der Waals surface area contributed by atoms with E-state index in [2.05, 4.69) is 33.9 Å². The first-order valence-corrected chi connectivity index (χ1v) is 8.82. The Hall–Kier alpha value is -0.413. The highest BCUT2D eigenvalue weighted by molar-refractivity contribution is 6.74. The maximum atomic E-state index is 10.9. The van der Waals surface area contributed by atoms with E-state index in [1.165, 1.54) is 0 Å². The van der Waals surface area contributed by atoms with Crippen LogP contribution in [0.1, 0.15) is 34.6 Å². The van der Waals surface area contributed by atoms with Crippen molar-refractivity contribution in [2.24, 2.45) is 5.92 Å². The number of hydrogen-bond donors (Lipinski definition) is 0. The van der Waals surface area contributed by atoms with Gasteiger partial charge in [0, 0.05) is 5.92 Å². The molecule has 0 aromatic carbocycles. The van der Waals surface area contributed by atoms with E-state index in [-0.39, 0.29) is 17.1 Å². The van der Waals surface area contributed by atoms with Crippen LogP contribution >= 0.6 is 0 Å². The summed E-state index contributed by atoms with van der Waals surface area (Å²) in [6.45, 7) is 14.9. The fraction of sp³-hybridized carbons (Fsp3) is 0.769. The van der Waals surface area contributed by atoms with Crippen LogP contribution in [0.15, 0.2) is 12.2 Å². The molecule has 3 heteroatoms. The molecular weight excluding hydrogens is 216 g/mol. The van der Waals surface area contributed by atoms with Crippen LogP contribution in [0, 0.1) is 5.92 Å². The molecule has 0 aromatic heterocycles. The molecular formula is C13H26O2Si. The molecule has 0 rings (SSSR count). The molecule has 2 nitrogen and oxygen atoms in total. The molecule has 0 heterocycles. The zero-order valence-corrected chi connectivity index (χ0v) is 12.7. The molecule has 0 bridgehead atoms. The van der Waals surface area contributed by atoms with E-state index in [4.69, 9.17) is 4.43 Å². The van der Waals surface area contributed by atoms with Gasteiger partial charge < -0.3 is 9.22 Å². The molecule has 2 atom stereocenters. The molecule has 0 fully saturated rings. The van der Waals surface area contributed by atoms with Crippen molar-refractivity contribution in [3.8, 4) is 0 Å². The summed E-state index contributed by atoms with van der Waals surface area (Å²) in [5.41, 5.74) is 0. The van der Waals surface area contributed by atoms with Gasteiger partial charge in [0.15, 0.2) is 8.32 Å². The lowest BCUT2D eigenvalue weighted by atomic mass is 10.1. The maximum absolute atomic E-state index is 10.9. The second kappa shape index (κ2) is 5.78. The van der Waals surface area contributed by atoms with Crippen molar-refractivity contribution in [1.82, 2.24) is 0 Å². The maximum Gasteiger partial charge on any atom is 0.192 e. The number of allylic oxidation sites excluding steroid dienone is 1. The smallest absolute Gasteiger partial charge is 0.192 e. The second-order valence-electron chi connectivity index (χ2n) is 5.86. The lowest BCUT2D eigenvalue weighted by Gasteiger charge is -2.39. The molecule has 0 amide bonds. The highest BCUT2D eigenvalue weighted by Crippen LogP contribution is 2.38. The molecule has 0 spiro atoms. The van der Waals surface area contributed by atoms with E-state index in [0.717, 1.165) is 6.29 Å². The van der Waals surface area contributed by atoms with Crippen LogP contribution in [0.25, 0.3) is 0 Å². The van der Waals surface area contributed by atoms with Crippen molar-refractivity contribution in [3.63, 3.8) is 0 Å². The zero-order valence-electron chi connectivity index (χ0n) is 11.7. The number of aldehydes is 1. The summed E-state index contributed by atoms with van der Waals surface area (Å²) in [6.07, 6.45) is 4.83. The monoisotopic (exact) mass is 242 g/mol. The lowest BCUT2D eigenvalue weighted by molar-refractivity contribution is -0.112.